The number of aryl methyl sites for hydroxylation is 2. The van der Waals surface area contributed by atoms with E-state index in [0.717, 1.165) is 6.42 Å². The van der Waals surface area contributed by atoms with Gasteiger partial charge in [0.05, 0.1) is 0 Å². The summed E-state index contributed by atoms with van der Waals surface area (Å²) in [5.74, 6) is 0.355. The van der Waals surface area contributed by atoms with Crippen LogP contribution in [0.2, 0.25) is 0 Å². The van der Waals surface area contributed by atoms with Gasteiger partial charge in [0.15, 0.2) is 0 Å². The van der Waals surface area contributed by atoms with Crippen LogP contribution in [-0.2, 0) is 18.3 Å². The highest BCUT2D eigenvalue weighted by Crippen LogP contribution is 2.28. The number of nitrogens with zero attached hydrogens (tertiary/aromatic N) is 1. The van der Waals surface area contributed by atoms with Crippen LogP contribution in [0.5, 0.6) is 0 Å². The number of hydrogen-bond acceptors (Lipinski definition) is 1. The van der Waals surface area contributed by atoms with Crippen LogP contribution in [0.4, 0.5) is 0 Å². The second-order valence-corrected chi connectivity index (χ2v) is 5.36. The Kier molecular flexibility index (Phi) is 3.29. The fourth-order valence-electron chi connectivity index (χ4n) is 2.47. The maximum absolute atomic E-state index is 11.5. The van der Waals surface area contributed by atoms with Crippen LogP contribution in [0, 0.1) is 19.8 Å². The third-order valence-electron chi connectivity index (χ3n) is 3.98. The lowest BCUT2D eigenvalue weighted by molar-refractivity contribution is -0.120. The molecule has 1 aromatic heterocycles. The number of carbonyl (C=O) groups is 1. The van der Waals surface area contributed by atoms with E-state index in [9.17, 15) is 4.79 Å². The second-order valence-electron chi connectivity index (χ2n) is 5.36. The summed E-state index contributed by atoms with van der Waals surface area (Å²) >= 11 is 0. The van der Waals surface area contributed by atoms with Crippen LogP contribution in [0.15, 0.2) is 18.2 Å². The van der Waals surface area contributed by atoms with E-state index in [1.54, 1.807) is 6.92 Å². The van der Waals surface area contributed by atoms with Gasteiger partial charge in [0.2, 0.25) is 0 Å². The number of hydrogen-bond donors (Lipinski definition) is 0. The Morgan fingerprint density at radius 3 is 2.61 bits per heavy atom. The van der Waals surface area contributed by atoms with Crippen molar-refractivity contribution < 1.29 is 4.79 Å². The largest absolute Gasteiger partial charge is 0.348 e. The van der Waals surface area contributed by atoms with Gasteiger partial charge < -0.3 is 4.57 Å². The number of ketones is 1. The summed E-state index contributed by atoms with van der Waals surface area (Å²) in [6.45, 7) is 7.93. The van der Waals surface area contributed by atoms with Crippen LogP contribution in [0.3, 0.4) is 0 Å². The highest BCUT2D eigenvalue weighted by atomic mass is 16.1. The van der Waals surface area contributed by atoms with Crippen molar-refractivity contribution in [3.05, 3.63) is 35.0 Å². The van der Waals surface area contributed by atoms with Crippen molar-refractivity contribution in [2.24, 2.45) is 13.0 Å². The molecule has 0 saturated carbocycles. The first kappa shape index (κ1) is 12.9. The van der Waals surface area contributed by atoms with Gasteiger partial charge >= 0.3 is 0 Å². The highest BCUT2D eigenvalue weighted by Gasteiger charge is 2.16. The number of benzene rings is 1. The molecule has 0 saturated heterocycles. The molecule has 0 radical (unpaired) electrons. The maximum Gasteiger partial charge on any atom is 0.132 e. The minimum Gasteiger partial charge on any atom is -0.348 e. The molecule has 1 heterocycles. The number of Topliss-reactive ketones (excluding diaryl/α,β-unsaturated/α-hetero) is 1. The zero-order chi connectivity index (χ0) is 13.4. The van der Waals surface area contributed by atoms with Crippen LogP contribution < -0.4 is 0 Å². The van der Waals surface area contributed by atoms with Crippen molar-refractivity contribution in [2.45, 2.75) is 34.1 Å². The molecule has 0 N–H and O–H groups in total. The van der Waals surface area contributed by atoms with Gasteiger partial charge in [-0.2, -0.15) is 0 Å². The second kappa shape index (κ2) is 4.60. The predicted octanol–water partition coefficient (Wildman–Crippen LogP) is 3.56. The van der Waals surface area contributed by atoms with E-state index in [1.807, 2.05) is 6.92 Å². The minimum absolute atomic E-state index is 0.0924. The number of carbonyl (C=O) groups excluding carboxylic acids is 1. The summed E-state index contributed by atoms with van der Waals surface area (Å²) in [7, 11) is 2.09. The topological polar surface area (TPSA) is 22.0 Å². The molecule has 0 spiro atoms. The van der Waals surface area contributed by atoms with E-state index in [4.69, 9.17) is 0 Å². The van der Waals surface area contributed by atoms with Gasteiger partial charge in [-0.15, -0.1) is 0 Å². The van der Waals surface area contributed by atoms with Crippen molar-refractivity contribution in [1.82, 2.24) is 4.57 Å². The lowest BCUT2D eigenvalue weighted by Gasteiger charge is -2.08. The van der Waals surface area contributed by atoms with Gasteiger partial charge in [0, 0.05) is 29.6 Å². The van der Waals surface area contributed by atoms with Crippen molar-refractivity contribution in [2.75, 3.05) is 0 Å². The number of rotatable bonds is 3. The first-order chi connectivity index (χ1) is 8.41. The third kappa shape index (κ3) is 2.07. The monoisotopic (exact) mass is 243 g/mol. The molecular weight excluding hydrogens is 222 g/mol. The normalized spacial score (nSPS) is 12.9. The van der Waals surface area contributed by atoms with Crippen LogP contribution in [0.25, 0.3) is 10.9 Å². The molecule has 0 fully saturated rings. The minimum atomic E-state index is 0.0924. The molecular formula is C16H21NO. The average Bonchev–Trinajstić information content (AvgIpc) is 2.54. The summed E-state index contributed by atoms with van der Waals surface area (Å²) in [6, 6.07) is 6.53. The highest BCUT2D eigenvalue weighted by molar-refractivity contribution is 5.87. The quantitative estimate of drug-likeness (QED) is 0.808. The summed E-state index contributed by atoms with van der Waals surface area (Å²) < 4.78 is 2.22. The predicted molar refractivity (Wildman–Crippen MR) is 75.9 cm³/mol. The SMILES string of the molecule is CC(=O)C(C)Cc1c(C)n(C)c2ccc(C)cc12. The van der Waals surface area contributed by atoms with E-state index in [1.165, 1.54) is 27.7 Å². The fourth-order valence-corrected chi connectivity index (χ4v) is 2.47. The molecule has 1 unspecified atom stereocenters. The zero-order valence-electron chi connectivity index (χ0n) is 11.9. The molecule has 96 valence electrons. The lowest BCUT2D eigenvalue weighted by atomic mass is 9.95. The Morgan fingerprint density at radius 1 is 1.33 bits per heavy atom. The first-order valence-electron chi connectivity index (χ1n) is 6.46. The van der Waals surface area contributed by atoms with E-state index in [-0.39, 0.29) is 11.7 Å². The van der Waals surface area contributed by atoms with Crippen molar-refractivity contribution in [3.8, 4) is 0 Å². The fraction of sp³-hybridized carbons (Fsp3) is 0.438. The lowest BCUT2D eigenvalue weighted by Crippen LogP contribution is -2.10. The molecule has 0 bridgehead atoms. The van der Waals surface area contributed by atoms with Gasteiger partial charge in [-0.05, 0) is 44.9 Å². The maximum atomic E-state index is 11.5. The molecule has 1 atom stereocenters. The van der Waals surface area contributed by atoms with Crippen molar-refractivity contribution >= 4 is 16.7 Å². The van der Waals surface area contributed by atoms with E-state index < -0.39 is 0 Å². The molecule has 0 amide bonds. The van der Waals surface area contributed by atoms with Crippen LogP contribution in [0.1, 0.15) is 30.7 Å². The Hall–Kier alpha value is -1.57. The molecule has 2 nitrogen and oxygen atoms in total. The van der Waals surface area contributed by atoms with E-state index in [0.29, 0.717) is 0 Å². The summed E-state index contributed by atoms with van der Waals surface area (Å²) in [6.07, 6.45) is 0.835. The van der Waals surface area contributed by atoms with E-state index >= 15 is 0 Å². The Morgan fingerprint density at radius 2 is 2.00 bits per heavy atom. The standard InChI is InChI=1S/C16H21NO/c1-10-6-7-16-15(8-10)14(12(3)17(16)5)9-11(2)13(4)18/h6-8,11H,9H2,1-5H3. The van der Waals surface area contributed by atoms with Gasteiger partial charge in [0.1, 0.15) is 5.78 Å². The molecule has 18 heavy (non-hydrogen) atoms. The zero-order valence-corrected chi connectivity index (χ0v) is 11.9. The molecule has 0 aliphatic rings. The summed E-state index contributed by atoms with van der Waals surface area (Å²) in [5.41, 5.74) is 5.11. The smallest absolute Gasteiger partial charge is 0.132 e. The number of fused-ring (bicyclic) bond motifs is 1. The average molecular weight is 243 g/mol. The molecule has 1 aromatic carbocycles. The van der Waals surface area contributed by atoms with Gasteiger partial charge in [-0.3, -0.25) is 4.79 Å². The van der Waals surface area contributed by atoms with Crippen molar-refractivity contribution in [1.29, 1.82) is 0 Å². The van der Waals surface area contributed by atoms with Gasteiger partial charge in [-0.25, -0.2) is 0 Å². The van der Waals surface area contributed by atoms with Crippen LogP contribution >= 0.6 is 0 Å². The van der Waals surface area contributed by atoms with Crippen LogP contribution in [-0.4, -0.2) is 10.4 Å². The van der Waals surface area contributed by atoms with Gasteiger partial charge in [-0.1, -0.05) is 18.6 Å². The third-order valence-corrected chi connectivity index (χ3v) is 3.98. The molecule has 0 aliphatic carbocycles. The molecule has 0 aliphatic heterocycles. The summed E-state index contributed by atoms with van der Waals surface area (Å²) in [5, 5.41) is 1.29. The summed E-state index contributed by atoms with van der Waals surface area (Å²) in [4.78, 5) is 11.5. The molecule has 2 aromatic rings. The van der Waals surface area contributed by atoms with E-state index in [2.05, 4.69) is 43.7 Å². The Bertz CT molecular complexity index is 607. The molecule has 2 heteroatoms. The Balaban J connectivity index is 2.58. The van der Waals surface area contributed by atoms with Gasteiger partial charge in [0.25, 0.3) is 0 Å². The molecule has 2 rings (SSSR count). The number of aromatic nitrogens is 1. The first-order valence-corrected chi connectivity index (χ1v) is 6.46. The van der Waals surface area contributed by atoms with Crippen molar-refractivity contribution in [3.63, 3.8) is 0 Å². The Labute approximate surface area is 109 Å².